The molecule has 4 rings (SSSR count). The first-order chi connectivity index (χ1) is 13.0. The summed E-state index contributed by atoms with van der Waals surface area (Å²) >= 11 is 0. The van der Waals surface area contributed by atoms with E-state index in [2.05, 4.69) is 15.6 Å². The predicted molar refractivity (Wildman–Crippen MR) is 99.8 cm³/mol. The van der Waals surface area contributed by atoms with Crippen molar-refractivity contribution in [1.82, 2.24) is 15.2 Å². The largest absolute Gasteiger partial charge is 0.480 e. The maximum absolute atomic E-state index is 12.2. The van der Waals surface area contributed by atoms with E-state index in [9.17, 15) is 9.59 Å². The lowest BCUT2D eigenvalue weighted by atomic mass is 9.85. The third kappa shape index (κ3) is 4.05. The number of anilines is 1. The number of nitrogens with one attached hydrogen (secondary N) is 2. The molecular weight excluding hydrogens is 348 g/mol. The summed E-state index contributed by atoms with van der Waals surface area (Å²) in [5.74, 6) is 0.417. The number of carboxylic acids is 1. The van der Waals surface area contributed by atoms with Crippen LogP contribution in [0.1, 0.15) is 44.4 Å². The van der Waals surface area contributed by atoms with Gasteiger partial charge in [0.05, 0.1) is 6.54 Å². The molecule has 0 saturated heterocycles. The van der Waals surface area contributed by atoms with Crippen molar-refractivity contribution in [3.05, 3.63) is 24.1 Å². The van der Waals surface area contributed by atoms with E-state index in [0.29, 0.717) is 18.2 Å². The molecule has 0 unspecified atom stereocenters. The van der Waals surface area contributed by atoms with Gasteiger partial charge in [-0.2, -0.15) is 0 Å². The number of carboxylic acid groups (broad SMARTS) is 1. The van der Waals surface area contributed by atoms with Gasteiger partial charge in [-0.05, 0) is 50.4 Å². The van der Waals surface area contributed by atoms with Crippen LogP contribution in [0.25, 0.3) is 11.1 Å². The lowest BCUT2D eigenvalue weighted by Crippen LogP contribution is -2.55. The van der Waals surface area contributed by atoms with Crippen LogP contribution in [0.15, 0.2) is 22.6 Å². The first-order valence-electron chi connectivity index (χ1n) is 9.45. The summed E-state index contributed by atoms with van der Waals surface area (Å²) in [6, 6.07) is 5.47. The van der Waals surface area contributed by atoms with Crippen LogP contribution in [-0.2, 0) is 4.79 Å². The van der Waals surface area contributed by atoms with Gasteiger partial charge in [-0.3, -0.25) is 9.69 Å². The Morgan fingerprint density at radius 3 is 2.78 bits per heavy atom. The average Bonchev–Trinajstić information content (AvgIpc) is 3.35. The SMILES string of the molecule is CCN(CC(=O)O)C1CC(NC(=O)Nc2ccc3oc(C4CC4)nc3c2)C1. The molecule has 0 aliphatic heterocycles. The highest BCUT2D eigenvalue weighted by Crippen LogP contribution is 2.40. The van der Waals surface area contributed by atoms with Crippen molar-refractivity contribution < 1.29 is 19.1 Å². The molecule has 0 radical (unpaired) electrons. The summed E-state index contributed by atoms with van der Waals surface area (Å²) in [5, 5.41) is 14.7. The number of amides is 2. The average molecular weight is 372 g/mol. The number of rotatable bonds is 7. The van der Waals surface area contributed by atoms with Gasteiger partial charge < -0.3 is 20.2 Å². The van der Waals surface area contributed by atoms with Crippen molar-refractivity contribution in [2.24, 2.45) is 0 Å². The fraction of sp³-hybridized carbons (Fsp3) is 0.526. The summed E-state index contributed by atoms with van der Waals surface area (Å²) in [6.45, 7) is 2.68. The van der Waals surface area contributed by atoms with Gasteiger partial charge in [-0.15, -0.1) is 0 Å². The van der Waals surface area contributed by atoms with E-state index in [1.807, 2.05) is 24.0 Å². The zero-order valence-electron chi connectivity index (χ0n) is 15.3. The number of likely N-dealkylation sites (N-methyl/N-ethyl adjacent to an activating group) is 1. The van der Waals surface area contributed by atoms with E-state index in [0.717, 1.165) is 42.7 Å². The molecule has 1 aromatic heterocycles. The molecule has 2 amide bonds. The van der Waals surface area contributed by atoms with Crippen LogP contribution in [0.5, 0.6) is 0 Å². The van der Waals surface area contributed by atoms with Crippen LogP contribution in [-0.4, -0.2) is 52.2 Å². The van der Waals surface area contributed by atoms with Gasteiger partial charge in [-0.25, -0.2) is 9.78 Å². The van der Waals surface area contributed by atoms with Crippen LogP contribution in [0.2, 0.25) is 0 Å². The second-order valence-corrected chi connectivity index (χ2v) is 7.39. The first kappa shape index (κ1) is 17.8. The Labute approximate surface area is 156 Å². The number of aliphatic carboxylic acids is 1. The van der Waals surface area contributed by atoms with Crippen molar-refractivity contribution in [3.8, 4) is 0 Å². The van der Waals surface area contributed by atoms with Gasteiger partial charge in [0.15, 0.2) is 11.5 Å². The van der Waals surface area contributed by atoms with Gasteiger partial charge in [0, 0.05) is 23.7 Å². The van der Waals surface area contributed by atoms with Crippen molar-refractivity contribution >= 4 is 28.8 Å². The molecule has 2 saturated carbocycles. The molecule has 8 nitrogen and oxygen atoms in total. The lowest BCUT2D eigenvalue weighted by Gasteiger charge is -2.42. The number of urea groups is 1. The molecule has 8 heteroatoms. The van der Waals surface area contributed by atoms with E-state index < -0.39 is 5.97 Å². The Balaban J connectivity index is 1.28. The second kappa shape index (κ2) is 7.19. The van der Waals surface area contributed by atoms with Crippen molar-refractivity contribution in [2.75, 3.05) is 18.4 Å². The monoisotopic (exact) mass is 372 g/mol. The molecule has 2 aromatic rings. The molecule has 27 heavy (non-hydrogen) atoms. The Kier molecular flexibility index (Phi) is 4.73. The smallest absolute Gasteiger partial charge is 0.319 e. The number of hydrogen-bond acceptors (Lipinski definition) is 5. The maximum Gasteiger partial charge on any atom is 0.319 e. The van der Waals surface area contributed by atoms with Crippen molar-refractivity contribution in [1.29, 1.82) is 0 Å². The Hall–Kier alpha value is -2.61. The molecular formula is C19H24N4O4. The van der Waals surface area contributed by atoms with Crippen molar-refractivity contribution in [3.63, 3.8) is 0 Å². The zero-order chi connectivity index (χ0) is 19.0. The van der Waals surface area contributed by atoms with E-state index in [1.165, 1.54) is 0 Å². The third-order valence-corrected chi connectivity index (χ3v) is 5.30. The minimum Gasteiger partial charge on any atom is -0.480 e. The topological polar surface area (TPSA) is 108 Å². The number of fused-ring (bicyclic) bond motifs is 1. The number of oxazole rings is 1. The molecule has 3 N–H and O–H groups in total. The summed E-state index contributed by atoms with van der Waals surface area (Å²) in [7, 11) is 0. The molecule has 0 atom stereocenters. The van der Waals surface area contributed by atoms with Gasteiger partial charge in [0.25, 0.3) is 0 Å². The van der Waals surface area contributed by atoms with E-state index in [1.54, 1.807) is 6.07 Å². The molecule has 1 heterocycles. The zero-order valence-corrected chi connectivity index (χ0v) is 15.3. The highest BCUT2D eigenvalue weighted by atomic mass is 16.4. The molecule has 2 fully saturated rings. The van der Waals surface area contributed by atoms with E-state index in [4.69, 9.17) is 9.52 Å². The number of benzene rings is 1. The van der Waals surface area contributed by atoms with Crippen LogP contribution < -0.4 is 10.6 Å². The summed E-state index contributed by atoms with van der Waals surface area (Å²) in [5.41, 5.74) is 2.17. The highest BCUT2D eigenvalue weighted by Gasteiger charge is 2.34. The van der Waals surface area contributed by atoms with Crippen LogP contribution >= 0.6 is 0 Å². The normalized spacial score (nSPS) is 21.9. The van der Waals surface area contributed by atoms with Crippen molar-refractivity contribution in [2.45, 2.75) is 50.6 Å². The number of aromatic nitrogens is 1. The molecule has 0 bridgehead atoms. The number of carbonyl (C=O) groups is 2. The van der Waals surface area contributed by atoms with E-state index in [-0.39, 0.29) is 24.7 Å². The standard InChI is InChI=1S/C19H24N4O4/c1-2-23(10-17(24)25)14-7-13(8-14)21-19(26)20-12-5-6-16-15(9-12)22-18(27-16)11-3-4-11/h5-6,9,11,13-14H,2-4,7-8,10H2,1H3,(H,24,25)(H2,20,21,26). The number of carbonyl (C=O) groups excluding carboxylic acids is 1. The van der Waals surface area contributed by atoms with Gasteiger partial charge >= 0.3 is 12.0 Å². The van der Waals surface area contributed by atoms with Gasteiger partial charge in [-0.1, -0.05) is 6.92 Å². The highest BCUT2D eigenvalue weighted by molar-refractivity contribution is 5.91. The van der Waals surface area contributed by atoms with Gasteiger partial charge in [0.1, 0.15) is 5.52 Å². The molecule has 0 spiro atoms. The Bertz CT molecular complexity index is 855. The quantitative estimate of drug-likeness (QED) is 0.690. The summed E-state index contributed by atoms with van der Waals surface area (Å²) in [6.07, 6.45) is 3.79. The molecule has 1 aromatic carbocycles. The number of hydrogen-bond donors (Lipinski definition) is 3. The summed E-state index contributed by atoms with van der Waals surface area (Å²) in [4.78, 5) is 29.5. The third-order valence-electron chi connectivity index (χ3n) is 5.30. The lowest BCUT2D eigenvalue weighted by molar-refractivity contribution is -0.139. The molecule has 2 aliphatic carbocycles. The number of nitrogens with zero attached hydrogens (tertiary/aromatic N) is 2. The van der Waals surface area contributed by atoms with E-state index >= 15 is 0 Å². The first-order valence-corrected chi connectivity index (χ1v) is 9.45. The van der Waals surface area contributed by atoms with Gasteiger partial charge in [0.2, 0.25) is 0 Å². The van der Waals surface area contributed by atoms with Crippen LogP contribution in [0.3, 0.4) is 0 Å². The minimum atomic E-state index is -0.820. The Morgan fingerprint density at radius 1 is 1.33 bits per heavy atom. The fourth-order valence-corrected chi connectivity index (χ4v) is 3.56. The predicted octanol–water partition coefficient (Wildman–Crippen LogP) is 2.76. The summed E-state index contributed by atoms with van der Waals surface area (Å²) < 4.78 is 5.73. The molecule has 144 valence electrons. The van der Waals surface area contributed by atoms with Crippen LogP contribution in [0, 0.1) is 0 Å². The second-order valence-electron chi connectivity index (χ2n) is 7.39. The maximum atomic E-state index is 12.2. The molecule has 2 aliphatic rings. The minimum absolute atomic E-state index is 0.0423. The Morgan fingerprint density at radius 2 is 2.11 bits per heavy atom. The fourth-order valence-electron chi connectivity index (χ4n) is 3.56. The van der Waals surface area contributed by atoms with Crippen LogP contribution in [0.4, 0.5) is 10.5 Å².